The quantitative estimate of drug-likeness (QED) is 0.851. The molecular weight excluding hydrogens is 274 g/mol. The number of benzene rings is 1. The number of Topliss-reactive ketones (excluding diaryl/α,β-unsaturated/α-hetero) is 1. The van der Waals surface area contributed by atoms with Gasteiger partial charge >= 0.3 is 0 Å². The average molecular weight is 292 g/mol. The highest BCUT2D eigenvalue weighted by atomic mass is 32.2. The minimum atomic E-state index is -2.28. The summed E-state index contributed by atoms with van der Waals surface area (Å²) in [4.78, 5) is 12.4. The molecule has 1 N–H and O–H groups in total. The Labute approximate surface area is 121 Å². The van der Waals surface area contributed by atoms with E-state index in [0.29, 0.717) is 17.9 Å². The Kier molecular flexibility index (Phi) is 3.89. The van der Waals surface area contributed by atoms with Crippen LogP contribution in [0.5, 0.6) is 0 Å². The van der Waals surface area contributed by atoms with Crippen LogP contribution in [0.15, 0.2) is 23.1 Å². The first-order valence-corrected chi connectivity index (χ1v) is 8.25. The number of fused-ring (bicyclic) bond motifs is 1. The minimum absolute atomic E-state index is 0.0571. The zero-order valence-corrected chi connectivity index (χ0v) is 12.1. The summed E-state index contributed by atoms with van der Waals surface area (Å²) in [6.45, 7) is 0. The third kappa shape index (κ3) is 2.65. The van der Waals surface area contributed by atoms with E-state index in [1.54, 1.807) is 12.1 Å². The van der Waals surface area contributed by atoms with E-state index < -0.39 is 11.1 Å². The van der Waals surface area contributed by atoms with Crippen LogP contribution in [0, 0.1) is 5.92 Å². The van der Waals surface area contributed by atoms with Crippen molar-refractivity contribution in [2.24, 2.45) is 5.92 Å². The van der Waals surface area contributed by atoms with Crippen molar-refractivity contribution in [1.82, 2.24) is 0 Å². The topological polar surface area (TPSA) is 69.2 Å². The Morgan fingerprint density at radius 1 is 1.20 bits per heavy atom. The van der Waals surface area contributed by atoms with Crippen LogP contribution in [0.3, 0.4) is 0 Å². The van der Waals surface area contributed by atoms with Gasteiger partial charge in [0, 0.05) is 28.6 Å². The molecule has 1 heterocycles. The van der Waals surface area contributed by atoms with Gasteiger partial charge in [0.1, 0.15) is 0 Å². The molecule has 5 heteroatoms. The van der Waals surface area contributed by atoms with Gasteiger partial charge in [0.2, 0.25) is 0 Å². The first kappa shape index (κ1) is 13.8. The van der Waals surface area contributed by atoms with Gasteiger partial charge < -0.3 is 9.87 Å². The van der Waals surface area contributed by atoms with Crippen LogP contribution in [0.25, 0.3) is 0 Å². The molecule has 1 fully saturated rings. The maximum Gasteiger partial charge on any atom is 0.167 e. The molecule has 0 aromatic heterocycles. The molecule has 0 spiro atoms. The van der Waals surface area contributed by atoms with Crippen molar-refractivity contribution >= 4 is 22.6 Å². The van der Waals surface area contributed by atoms with Crippen molar-refractivity contribution in [3.05, 3.63) is 23.8 Å². The number of ketones is 1. The van der Waals surface area contributed by atoms with E-state index in [1.165, 1.54) is 38.2 Å². The van der Waals surface area contributed by atoms with Crippen molar-refractivity contribution in [1.29, 1.82) is 0 Å². The number of carbonyl (C=O) groups is 1. The van der Waals surface area contributed by atoms with Crippen molar-refractivity contribution in [2.75, 3.05) is 5.32 Å². The summed E-state index contributed by atoms with van der Waals surface area (Å²) in [6.07, 6.45) is 6.64. The smallest absolute Gasteiger partial charge is 0.167 e. The predicted octanol–water partition coefficient (Wildman–Crippen LogP) is 2.87. The summed E-state index contributed by atoms with van der Waals surface area (Å²) >= 11 is -2.28. The van der Waals surface area contributed by atoms with E-state index >= 15 is 0 Å². The predicted molar refractivity (Wildman–Crippen MR) is 76.6 cm³/mol. The maximum absolute atomic E-state index is 12.3. The fraction of sp³-hybridized carbons (Fsp3) is 0.533. The molecule has 1 aromatic carbocycles. The number of nitrogens with one attached hydrogen (secondary N) is 1. The molecule has 1 aromatic rings. The Morgan fingerprint density at radius 3 is 2.65 bits per heavy atom. The molecule has 0 amide bonds. The minimum Gasteiger partial charge on any atom is -0.768 e. The molecule has 0 radical (unpaired) electrons. The van der Waals surface area contributed by atoms with Crippen LogP contribution in [0.2, 0.25) is 0 Å². The fourth-order valence-electron chi connectivity index (χ4n) is 3.37. The summed E-state index contributed by atoms with van der Waals surface area (Å²) in [5, 5.41) is 3.44. The number of anilines is 1. The summed E-state index contributed by atoms with van der Waals surface area (Å²) in [6, 6.07) is 4.95. The summed E-state index contributed by atoms with van der Waals surface area (Å²) in [5.74, 6) is 0.621. The average Bonchev–Trinajstić information content (AvgIpc) is 2.47. The van der Waals surface area contributed by atoms with Gasteiger partial charge in [-0.05, 0) is 48.0 Å². The number of hydrogen-bond acceptors (Lipinski definition) is 4. The highest BCUT2D eigenvalue weighted by molar-refractivity contribution is 7.79. The van der Waals surface area contributed by atoms with Gasteiger partial charge in [0.15, 0.2) is 5.78 Å². The maximum atomic E-state index is 12.3. The molecule has 1 saturated carbocycles. The molecule has 2 aliphatic rings. The molecule has 0 saturated heterocycles. The molecule has 2 unspecified atom stereocenters. The fourth-order valence-corrected chi connectivity index (χ4v) is 3.76. The number of carbonyl (C=O) groups excluding carboxylic acids is 1. The van der Waals surface area contributed by atoms with E-state index in [4.69, 9.17) is 0 Å². The van der Waals surface area contributed by atoms with Gasteiger partial charge in [-0.3, -0.25) is 9.00 Å². The second kappa shape index (κ2) is 5.66. The second-order valence-corrected chi connectivity index (χ2v) is 6.66. The zero-order chi connectivity index (χ0) is 14.1. The molecule has 20 heavy (non-hydrogen) atoms. The highest BCUT2D eigenvalue weighted by Crippen LogP contribution is 2.34. The van der Waals surface area contributed by atoms with Crippen molar-refractivity contribution in [2.45, 2.75) is 49.5 Å². The van der Waals surface area contributed by atoms with Crippen LogP contribution in [0.4, 0.5) is 5.69 Å². The lowest BCUT2D eigenvalue weighted by Gasteiger charge is -2.34. The third-order valence-corrected chi connectivity index (χ3v) is 5.09. The van der Waals surface area contributed by atoms with E-state index in [1.807, 2.05) is 0 Å². The first-order valence-electron chi connectivity index (χ1n) is 7.18. The normalized spacial score (nSPS) is 24.9. The second-order valence-electron chi connectivity index (χ2n) is 5.72. The standard InChI is InChI=1S/C15H19NO3S/c17-15-9-14(10-4-2-1-3-5-10)16-13-7-6-11(20(18)19)8-12(13)15/h6-8,10,14,16H,1-5,9H2,(H,18,19)/p-1. The van der Waals surface area contributed by atoms with E-state index in [0.717, 1.165) is 5.69 Å². The highest BCUT2D eigenvalue weighted by Gasteiger charge is 2.31. The Bertz CT molecular complexity index is 552. The summed E-state index contributed by atoms with van der Waals surface area (Å²) in [5.41, 5.74) is 1.30. The van der Waals surface area contributed by atoms with Crippen molar-refractivity contribution < 1.29 is 13.6 Å². The zero-order valence-electron chi connectivity index (χ0n) is 11.3. The van der Waals surface area contributed by atoms with Gasteiger partial charge in [-0.15, -0.1) is 0 Å². The third-order valence-electron chi connectivity index (χ3n) is 4.45. The molecule has 3 rings (SSSR count). The van der Waals surface area contributed by atoms with Crippen LogP contribution < -0.4 is 5.32 Å². The molecule has 2 atom stereocenters. The molecular formula is C15H18NO3S-. The van der Waals surface area contributed by atoms with E-state index in [-0.39, 0.29) is 16.7 Å². The Morgan fingerprint density at radius 2 is 1.95 bits per heavy atom. The lowest BCUT2D eigenvalue weighted by molar-refractivity contribution is 0.0957. The number of hydrogen-bond donors (Lipinski definition) is 1. The summed E-state index contributed by atoms with van der Waals surface area (Å²) in [7, 11) is 0. The molecule has 1 aliphatic heterocycles. The first-order chi connectivity index (χ1) is 9.65. The van der Waals surface area contributed by atoms with Crippen LogP contribution in [-0.4, -0.2) is 20.6 Å². The largest absolute Gasteiger partial charge is 0.768 e. The summed E-state index contributed by atoms with van der Waals surface area (Å²) < 4.78 is 21.9. The van der Waals surface area contributed by atoms with Crippen molar-refractivity contribution in [3.63, 3.8) is 0 Å². The Hall–Kier alpha value is -1.20. The van der Waals surface area contributed by atoms with Crippen LogP contribution in [0.1, 0.15) is 48.9 Å². The molecule has 0 bridgehead atoms. The van der Waals surface area contributed by atoms with Crippen LogP contribution >= 0.6 is 0 Å². The Balaban J connectivity index is 1.84. The SMILES string of the molecule is O=C1CC(C2CCCCC2)Nc2ccc(S(=O)[O-])cc21. The van der Waals surface area contributed by atoms with E-state index in [2.05, 4.69) is 5.32 Å². The monoisotopic (exact) mass is 292 g/mol. The molecule has 1 aliphatic carbocycles. The van der Waals surface area contributed by atoms with Gasteiger partial charge in [0.05, 0.1) is 0 Å². The van der Waals surface area contributed by atoms with Gasteiger partial charge in [-0.1, -0.05) is 19.3 Å². The van der Waals surface area contributed by atoms with Gasteiger partial charge in [-0.25, -0.2) is 0 Å². The van der Waals surface area contributed by atoms with Crippen molar-refractivity contribution in [3.8, 4) is 0 Å². The lowest BCUT2D eigenvalue weighted by Crippen LogP contribution is -2.36. The molecule has 4 nitrogen and oxygen atoms in total. The number of rotatable bonds is 2. The van der Waals surface area contributed by atoms with Gasteiger partial charge in [-0.2, -0.15) is 0 Å². The van der Waals surface area contributed by atoms with Crippen LogP contribution in [-0.2, 0) is 11.1 Å². The lowest BCUT2D eigenvalue weighted by atomic mass is 9.80. The van der Waals surface area contributed by atoms with Gasteiger partial charge in [0.25, 0.3) is 0 Å². The molecule has 108 valence electrons. The van der Waals surface area contributed by atoms with E-state index in [9.17, 15) is 13.6 Å².